The number of urea groups is 1. The largest absolute Gasteiger partial charge is 0.337 e. The molecule has 0 spiro atoms. The number of carbonyl (C=O) groups excluding carboxylic acids is 1. The zero-order chi connectivity index (χ0) is 15.6. The molecule has 1 atom stereocenters. The number of carbonyl (C=O) groups is 1. The van der Waals surface area contributed by atoms with Crippen LogP contribution in [0.1, 0.15) is 30.9 Å². The van der Waals surface area contributed by atoms with Crippen molar-refractivity contribution in [2.24, 2.45) is 7.05 Å². The summed E-state index contributed by atoms with van der Waals surface area (Å²) in [6.07, 6.45) is 5.05. The van der Waals surface area contributed by atoms with Gasteiger partial charge in [-0.2, -0.15) is 5.10 Å². The number of fused-ring (bicyclic) bond motifs is 1. The molecule has 3 rings (SSSR count). The second-order valence-corrected chi connectivity index (χ2v) is 6.22. The Kier molecular flexibility index (Phi) is 3.88. The van der Waals surface area contributed by atoms with Gasteiger partial charge in [-0.25, -0.2) is 4.79 Å². The van der Waals surface area contributed by atoms with E-state index in [9.17, 15) is 4.79 Å². The highest BCUT2D eigenvalue weighted by Gasteiger charge is 2.32. The second-order valence-electron chi connectivity index (χ2n) is 6.22. The molecule has 0 fully saturated rings. The first kappa shape index (κ1) is 14.6. The summed E-state index contributed by atoms with van der Waals surface area (Å²) >= 11 is 0. The first-order valence-electron chi connectivity index (χ1n) is 7.70. The van der Waals surface area contributed by atoms with E-state index in [1.165, 1.54) is 17.5 Å². The summed E-state index contributed by atoms with van der Waals surface area (Å²) in [6, 6.07) is 10.1. The van der Waals surface area contributed by atoms with Crippen LogP contribution in [0.3, 0.4) is 0 Å². The van der Waals surface area contributed by atoms with E-state index in [2.05, 4.69) is 46.9 Å². The van der Waals surface area contributed by atoms with Gasteiger partial charge in [-0.3, -0.25) is 10.00 Å². The third-order valence-electron chi connectivity index (χ3n) is 4.54. The fourth-order valence-corrected chi connectivity index (χ4v) is 3.25. The molecule has 2 N–H and O–H groups in total. The standard InChI is InChI=1S/C17H22N4O/c1-17(10-5-7-13-6-3-4-8-14(13)17)12-18-16(22)20-15-9-11-19-21(15)2/h3-4,6,8-9,11H,5,7,10,12H2,1-2H3,(H2,18,20,22). The van der Waals surface area contributed by atoms with Crippen molar-refractivity contribution in [3.8, 4) is 0 Å². The van der Waals surface area contributed by atoms with Gasteiger partial charge in [-0.05, 0) is 30.4 Å². The Bertz CT molecular complexity index is 679. The van der Waals surface area contributed by atoms with Gasteiger partial charge in [0.2, 0.25) is 0 Å². The molecule has 1 heterocycles. The van der Waals surface area contributed by atoms with Gasteiger partial charge in [-0.1, -0.05) is 31.2 Å². The minimum absolute atomic E-state index is 0.00135. The van der Waals surface area contributed by atoms with Crippen LogP contribution in [0.15, 0.2) is 36.5 Å². The van der Waals surface area contributed by atoms with Crippen LogP contribution >= 0.6 is 0 Å². The fourth-order valence-electron chi connectivity index (χ4n) is 3.25. The maximum atomic E-state index is 12.1. The number of hydrogen-bond donors (Lipinski definition) is 2. The lowest BCUT2D eigenvalue weighted by atomic mass is 9.71. The summed E-state index contributed by atoms with van der Waals surface area (Å²) in [5.41, 5.74) is 2.77. The normalized spacial score (nSPS) is 20.3. The molecule has 0 saturated carbocycles. The number of nitrogens with one attached hydrogen (secondary N) is 2. The topological polar surface area (TPSA) is 59.0 Å². The van der Waals surface area contributed by atoms with Gasteiger partial charge in [0, 0.05) is 25.1 Å². The summed E-state index contributed by atoms with van der Waals surface area (Å²) in [7, 11) is 1.80. The van der Waals surface area contributed by atoms with Gasteiger partial charge in [0.1, 0.15) is 5.82 Å². The third kappa shape index (κ3) is 2.84. The molecular formula is C17H22N4O. The lowest BCUT2D eigenvalue weighted by Gasteiger charge is -2.36. The number of hydrogen-bond acceptors (Lipinski definition) is 2. The van der Waals surface area contributed by atoms with E-state index >= 15 is 0 Å². The Hall–Kier alpha value is -2.30. The average molecular weight is 298 g/mol. The van der Waals surface area contributed by atoms with Crippen LogP contribution in [0.2, 0.25) is 0 Å². The summed E-state index contributed by atoms with van der Waals surface area (Å²) in [5, 5.41) is 9.87. The van der Waals surface area contributed by atoms with Gasteiger partial charge in [-0.15, -0.1) is 0 Å². The van der Waals surface area contributed by atoms with Crippen molar-refractivity contribution in [2.45, 2.75) is 31.6 Å². The van der Waals surface area contributed by atoms with E-state index in [-0.39, 0.29) is 11.4 Å². The molecule has 22 heavy (non-hydrogen) atoms. The van der Waals surface area contributed by atoms with E-state index < -0.39 is 0 Å². The van der Waals surface area contributed by atoms with Crippen LogP contribution in [0.25, 0.3) is 0 Å². The molecular weight excluding hydrogens is 276 g/mol. The predicted molar refractivity (Wildman–Crippen MR) is 87.0 cm³/mol. The molecule has 5 nitrogen and oxygen atoms in total. The minimum Gasteiger partial charge on any atom is -0.337 e. The van der Waals surface area contributed by atoms with Crippen LogP contribution in [-0.2, 0) is 18.9 Å². The molecule has 5 heteroatoms. The quantitative estimate of drug-likeness (QED) is 0.915. The van der Waals surface area contributed by atoms with Crippen molar-refractivity contribution in [3.05, 3.63) is 47.7 Å². The molecule has 1 aliphatic carbocycles. The maximum Gasteiger partial charge on any atom is 0.320 e. The highest BCUT2D eigenvalue weighted by molar-refractivity contribution is 5.88. The lowest BCUT2D eigenvalue weighted by molar-refractivity contribution is 0.247. The van der Waals surface area contributed by atoms with E-state index in [0.29, 0.717) is 12.4 Å². The predicted octanol–water partition coefficient (Wildman–Crippen LogP) is 2.84. The smallest absolute Gasteiger partial charge is 0.320 e. The minimum atomic E-state index is -0.187. The van der Waals surface area contributed by atoms with Crippen molar-refractivity contribution < 1.29 is 4.79 Å². The fraction of sp³-hybridized carbons (Fsp3) is 0.412. The molecule has 0 radical (unpaired) electrons. The SMILES string of the molecule is Cn1nccc1NC(=O)NCC1(C)CCCc2ccccc21. The van der Waals surface area contributed by atoms with E-state index in [0.717, 1.165) is 12.8 Å². The Balaban J connectivity index is 1.66. The summed E-state index contributed by atoms with van der Waals surface area (Å²) in [6.45, 7) is 2.86. The van der Waals surface area contributed by atoms with Gasteiger partial charge in [0.15, 0.2) is 0 Å². The second kappa shape index (κ2) is 5.83. The van der Waals surface area contributed by atoms with Crippen LogP contribution in [0.5, 0.6) is 0 Å². The first-order valence-corrected chi connectivity index (χ1v) is 7.70. The van der Waals surface area contributed by atoms with Crippen molar-refractivity contribution >= 4 is 11.8 Å². The number of anilines is 1. The van der Waals surface area contributed by atoms with Crippen molar-refractivity contribution in [1.82, 2.24) is 15.1 Å². The highest BCUT2D eigenvalue weighted by Crippen LogP contribution is 2.36. The molecule has 2 aromatic rings. The van der Waals surface area contributed by atoms with Gasteiger partial charge >= 0.3 is 6.03 Å². The van der Waals surface area contributed by atoms with E-state index in [1.807, 2.05) is 0 Å². The van der Waals surface area contributed by atoms with Crippen LogP contribution in [0.4, 0.5) is 10.6 Å². The zero-order valence-electron chi connectivity index (χ0n) is 13.1. The Morgan fingerprint density at radius 1 is 1.36 bits per heavy atom. The molecule has 0 bridgehead atoms. The molecule has 0 aliphatic heterocycles. The molecule has 1 aliphatic rings. The number of aromatic nitrogens is 2. The number of benzene rings is 1. The summed E-state index contributed by atoms with van der Waals surface area (Å²) in [5.74, 6) is 0.687. The van der Waals surface area contributed by atoms with Gasteiger partial charge in [0.05, 0.1) is 6.20 Å². The Morgan fingerprint density at radius 3 is 2.95 bits per heavy atom. The van der Waals surface area contributed by atoms with Gasteiger partial charge in [0.25, 0.3) is 0 Å². The van der Waals surface area contributed by atoms with Gasteiger partial charge < -0.3 is 5.32 Å². The van der Waals surface area contributed by atoms with E-state index in [1.54, 1.807) is 24.0 Å². The van der Waals surface area contributed by atoms with E-state index in [4.69, 9.17) is 0 Å². The van der Waals surface area contributed by atoms with Crippen molar-refractivity contribution in [3.63, 3.8) is 0 Å². The molecule has 116 valence electrons. The highest BCUT2D eigenvalue weighted by atomic mass is 16.2. The molecule has 0 saturated heterocycles. The summed E-state index contributed by atoms with van der Waals surface area (Å²) < 4.78 is 1.64. The monoisotopic (exact) mass is 298 g/mol. The number of amides is 2. The third-order valence-corrected chi connectivity index (χ3v) is 4.54. The summed E-state index contributed by atoms with van der Waals surface area (Å²) in [4.78, 5) is 12.1. The maximum absolute atomic E-state index is 12.1. The number of nitrogens with zero attached hydrogens (tertiary/aromatic N) is 2. The number of rotatable bonds is 3. The molecule has 1 unspecified atom stereocenters. The van der Waals surface area contributed by atoms with Crippen molar-refractivity contribution in [2.75, 3.05) is 11.9 Å². The Morgan fingerprint density at radius 2 is 2.18 bits per heavy atom. The molecule has 1 aromatic heterocycles. The lowest BCUT2D eigenvalue weighted by Crippen LogP contribution is -2.42. The number of aryl methyl sites for hydroxylation is 2. The zero-order valence-corrected chi connectivity index (χ0v) is 13.1. The first-order chi connectivity index (χ1) is 10.6. The molecule has 1 aromatic carbocycles. The van der Waals surface area contributed by atoms with Crippen LogP contribution in [-0.4, -0.2) is 22.4 Å². The Labute approximate surface area is 130 Å². The average Bonchev–Trinajstić information content (AvgIpc) is 2.91. The van der Waals surface area contributed by atoms with Crippen LogP contribution < -0.4 is 10.6 Å². The molecule has 2 amide bonds. The van der Waals surface area contributed by atoms with Crippen LogP contribution in [0, 0.1) is 0 Å². The van der Waals surface area contributed by atoms with Crippen molar-refractivity contribution in [1.29, 1.82) is 0 Å².